The van der Waals surface area contributed by atoms with Crippen LogP contribution < -0.4 is 0 Å². The first-order valence-corrected chi connectivity index (χ1v) is 4.88. The second-order valence-electron chi connectivity index (χ2n) is 3.07. The second-order valence-corrected chi connectivity index (χ2v) is 4.39. The van der Waals surface area contributed by atoms with Gasteiger partial charge in [-0.3, -0.25) is 0 Å². The fraction of sp³-hybridized carbons (Fsp3) is 0.556. The van der Waals surface area contributed by atoms with E-state index < -0.39 is 0 Å². The maximum absolute atomic E-state index is 2.30. The first kappa shape index (κ1) is 15.4. The maximum atomic E-state index is 2.30. The smallest absolute Gasteiger partial charge is 0.147 e. The van der Waals surface area contributed by atoms with Crippen LogP contribution >= 0.6 is 24.8 Å². The van der Waals surface area contributed by atoms with Crippen LogP contribution in [0.2, 0.25) is 0 Å². The van der Waals surface area contributed by atoms with E-state index in [4.69, 9.17) is 0 Å². The van der Waals surface area contributed by atoms with Gasteiger partial charge in [0, 0.05) is 0 Å². The molecule has 0 nitrogen and oxygen atoms in total. The van der Waals surface area contributed by atoms with Crippen LogP contribution in [0, 0.1) is 5.92 Å². The van der Waals surface area contributed by atoms with E-state index in [2.05, 4.69) is 27.7 Å². The molecule has 0 aliphatic heterocycles. The number of hydrogen-bond donors (Lipinski definition) is 0. The van der Waals surface area contributed by atoms with Crippen LogP contribution in [-0.2, 0) is 24.7 Å². The normalized spacial score (nSPS) is 22.1. The van der Waals surface area contributed by atoms with Crippen LogP contribution in [0.3, 0.4) is 0 Å². The van der Waals surface area contributed by atoms with Crippen molar-refractivity contribution in [3.63, 3.8) is 0 Å². The Morgan fingerprint density at radius 3 is 1.50 bits per heavy atom. The van der Waals surface area contributed by atoms with Crippen molar-refractivity contribution in [1.29, 1.82) is 0 Å². The Morgan fingerprint density at radius 2 is 1.42 bits per heavy atom. The molecule has 3 heteroatoms. The van der Waals surface area contributed by atoms with Gasteiger partial charge in [0.2, 0.25) is 0 Å². The zero-order chi connectivity index (χ0) is 7.89. The van der Waals surface area contributed by atoms with Gasteiger partial charge in [-0.15, -0.1) is 24.8 Å². The van der Waals surface area contributed by atoms with Gasteiger partial charge in [0.05, 0.1) is 0 Å². The Bertz CT molecular complexity index is 205. The Balaban J connectivity index is 0. The number of hydrogen-bond acceptors (Lipinski definition) is 0. The molecule has 1 unspecified atom stereocenters. The summed E-state index contributed by atoms with van der Waals surface area (Å²) in [6.45, 7) is 9.03. The number of allylic oxidation sites excluding steroid dienone is 4. The predicted molar refractivity (Wildman–Crippen MR) is 54.7 cm³/mol. The molecule has 1 aliphatic rings. The van der Waals surface area contributed by atoms with E-state index >= 15 is 0 Å². The van der Waals surface area contributed by atoms with E-state index in [0.29, 0.717) is 0 Å². The van der Waals surface area contributed by atoms with E-state index in [1.807, 2.05) is 0 Å². The van der Waals surface area contributed by atoms with Crippen LogP contribution in [0.1, 0.15) is 27.7 Å². The summed E-state index contributed by atoms with van der Waals surface area (Å²) in [5, 5.41) is 0. The molecule has 0 N–H and O–H groups in total. The van der Waals surface area contributed by atoms with Crippen LogP contribution in [0.25, 0.3) is 0 Å². The van der Waals surface area contributed by atoms with Crippen LogP contribution in [0.15, 0.2) is 20.0 Å². The molecule has 0 fully saturated rings. The van der Waals surface area contributed by atoms with Gasteiger partial charge in [0.1, 0.15) is 0 Å². The standard InChI is InChI=1S/C9H13.2ClH.Zr/c1-6-5-7(2)9(4)8(6)3;;;/h6H,1-4H3;2*1H;. The van der Waals surface area contributed by atoms with E-state index in [1.54, 1.807) is 39.1 Å². The van der Waals surface area contributed by atoms with Gasteiger partial charge >= 0.3 is 78.3 Å². The Kier molecular flexibility index (Phi) is 7.23. The summed E-state index contributed by atoms with van der Waals surface area (Å²) in [5.41, 5.74) is 4.65. The summed E-state index contributed by atoms with van der Waals surface area (Å²) in [6, 6.07) is 0. The summed E-state index contributed by atoms with van der Waals surface area (Å²) in [5.74, 6) is 0.734. The van der Waals surface area contributed by atoms with Crippen LogP contribution in [-0.4, -0.2) is 0 Å². The summed E-state index contributed by atoms with van der Waals surface area (Å²) in [7, 11) is 0. The Hall–Kier alpha value is 0.943. The monoisotopic (exact) mass is 283 g/mol. The fourth-order valence-electron chi connectivity index (χ4n) is 1.36. The third kappa shape index (κ3) is 2.47. The van der Waals surface area contributed by atoms with Crippen molar-refractivity contribution in [2.24, 2.45) is 5.92 Å². The van der Waals surface area contributed by atoms with Gasteiger partial charge in [-0.1, -0.05) is 0 Å². The maximum Gasteiger partial charge on any atom is -0.147 e. The molecule has 0 aromatic rings. The van der Waals surface area contributed by atoms with Crippen molar-refractivity contribution in [3.8, 4) is 0 Å². The summed E-state index contributed by atoms with van der Waals surface area (Å²) < 4.78 is 1.64. The van der Waals surface area contributed by atoms with E-state index in [9.17, 15) is 0 Å². The largest absolute Gasteiger partial charge is 0.147 e. The Labute approximate surface area is 103 Å². The average Bonchev–Trinajstić information content (AvgIpc) is 2.07. The number of rotatable bonds is 0. The van der Waals surface area contributed by atoms with Gasteiger partial charge in [0.25, 0.3) is 0 Å². The minimum absolute atomic E-state index is 0. The molecular formula is C9H15Cl2Zr. The van der Waals surface area contributed by atoms with Gasteiger partial charge < -0.3 is 0 Å². The molecule has 0 amide bonds. The predicted octanol–water partition coefficient (Wildman–Crippen LogP) is 3.64. The van der Waals surface area contributed by atoms with Crippen LogP contribution in [0.5, 0.6) is 0 Å². The number of halogens is 2. The summed E-state index contributed by atoms with van der Waals surface area (Å²) >= 11 is 1.59. The third-order valence-electron chi connectivity index (χ3n) is 2.64. The molecule has 0 saturated heterocycles. The van der Waals surface area contributed by atoms with E-state index in [0.717, 1.165) is 5.92 Å². The van der Waals surface area contributed by atoms with Gasteiger partial charge in [-0.25, -0.2) is 0 Å². The van der Waals surface area contributed by atoms with Crippen molar-refractivity contribution >= 4 is 24.8 Å². The summed E-state index contributed by atoms with van der Waals surface area (Å²) in [6.07, 6.45) is 0. The van der Waals surface area contributed by atoms with Crippen molar-refractivity contribution in [1.82, 2.24) is 0 Å². The molecule has 0 heterocycles. The quantitative estimate of drug-likeness (QED) is 0.637. The zero-order valence-electron chi connectivity index (χ0n) is 7.89. The summed E-state index contributed by atoms with van der Waals surface area (Å²) in [4.78, 5) is 0. The molecule has 69 valence electrons. The molecule has 0 aromatic heterocycles. The first-order valence-electron chi connectivity index (χ1n) is 3.65. The molecule has 0 saturated carbocycles. The molecule has 0 bridgehead atoms. The SMILES string of the molecule is CC1=C(C)C(C)[C]([Zr])=C1C.Cl.Cl. The Morgan fingerprint density at radius 1 is 1.00 bits per heavy atom. The van der Waals surface area contributed by atoms with Gasteiger partial charge in [-0.05, 0) is 0 Å². The van der Waals surface area contributed by atoms with Crippen LogP contribution in [0.4, 0.5) is 0 Å². The fourth-order valence-corrected chi connectivity index (χ4v) is 2.36. The molecule has 1 aliphatic carbocycles. The van der Waals surface area contributed by atoms with Crippen molar-refractivity contribution in [3.05, 3.63) is 20.0 Å². The molecule has 1 rings (SSSR count). The topological polar surface area (TPSA) is 0 Å². The van der Waals surface area contributed by atoms with E-state index in [-0.39, 0.29) is 24.8 Å². The molecule has 0 radical (unpaired) electrons. The van der Waals surface area contributed by atoms with E-state index in [1.165, 1.54) is 5.57 Å². The molecule has 12 heavy (non-hydrogen) atoms. The zero-order valence-corrected chi connectivity index (χ0v) is 12.0. The van der Waals surface area contributed by atoms with Crippen molar-refractivity contribution < 1.29 is 24.7 Å². The molecule has 1 atom stereocenters. The minimum atomic E-state index is 0. The van der Waals surface area contributed by atoms with Crippen molar-refractivity contribution in [2.45, 2.75) is 27.7 Å². The first-order chi connectivity index (χ1) is 4.55. The minimum Gasteiger partial charge on any atom is -0.147 e. The molecule has 0 aromatic carbocycles. The van der Waals surface area contributed by atoms with Gasteiger partial charge in [0.15, 0.2) is 0 Å². The van der Waals surface area contributed by atoms with Crippen molar-refractivity contribution in [2.75, 3.05) is 0 Å². The van der Waals surface area contributed by atoms with Gasteiger partial charge in [-0.2, -0.15) is 0 Å². The second kappa shape index (κ2) is 5.63. The molecular weight excluding hydrogens is 270 g/mol. The third-order valence-corrected chi connectivity index (χ3v) is 4.63. The average molecular weight is 285 g/mol. The molecule has 0 spiro atoms.